The zero-order chi connectivity index (χ0) is 16.9. The van der Waals surface area contributed by atoms with E-state index in [1.165, 1.54) is 17.3 Å². The molecule has 3 rings (SSSR count). The number of carbonyl (C=O) groups is 2. The number of para-hydroxylation sites is 1. The monoisotopic (exact) mass is 340 g/mol. The minimum absolute atomic E-state index is 0.0928. The van der Waals surface area contributed by atoms with Crippen molar-refractivity contribution in [1.82, 2.24) is 5.32 Å². The van der Waals surface area contributed by atoms with Gasteiger partial charge >= 0.3 is 0 Å². The molecule has 1 aliphatic heterocycles. The number of rotatable bonds is 5. The third-order valence-corrected chi connectivity index (χ3v) is 5.33. The molecule has 2 aromatic carbocycles. The van der Waals surface area contributed by atoms with E-state index in [0.717, 1.165) is 10.6 Å². The fraction of sp³-hybridized carbons (Fsp3) is 0.263. The average Bonchev–Trinajstić information content (AvgIpc) is 2.61. The molecular formula is C19H20N2O2S. The minimum Gasteiger partial charge on any atom is -0.355 e. The van der Waals surface area contributed by atoms with E-state index >= 15 is 0 Å². The number of nitrogens with one attached hydrogen (secondary N) is 2. The van der Waals surface area contributed by atoms with Gasteiger partial charge in [0.15, 0.2) is 0 Å². The molecule has 1 aliphatic rings. The van der Waals surface area contributed by atoms with E-state index in [4.69, 9.17) is 0 Å². The molecule has 2 aromatic rings. The highest BCUT2D eigenvalue weighted by Gasteiger charge is 2.28. The lowest BCUT2D eigenvalue weighted by molar-refractivity contribution is -0.124. The molecule has 2 N–H and O–H groups in total. The van der Waals surface area contributed by atoms with Gasteiger partial charge in [-0.05, 0) is 23.6 Å². The van der Waals surface area contributed by atoms with Crippen LogP contribution >= 0.6 is 11.8 Å². The zero-order valence-electron chi connectivity index (χ0n) is 13.5. The Morgan fingerprint density at radius 2 is 1.88 bits per heavy atom. The first-order valence-electron chi connectivity index (χ1n) is 8.01. The number of anilines is 1. The molecule has 0 saturated heterocycles. The van der Waals surface area contributed by atoms with Crippen molar-refractivity contribution in [3.05, 3.63) is 60.2 Å². The van der Waals surface area contributed by atoms with Crippen LogP contribution in [0.25, 0.3) is 0 Å². The van der Waals surface area contributed by atoms with Crippen LogP contribution in [-0.2, 0) is 9.59 Å². The standard InChI is InChI=1S/C19H20N2O2S/c1-13(14-7-3-2-4-8-14)12-20-18(22)11-17-19(23)21-15-9-5-6-10-16(15)24-17/h2-10,13,17H,11-12H2,1H3,(H,20,22)(H,21,23)/t13-,17-/m0/s1. The van der Waals surface area contributed by atoms with Crippen molar-refractivity contribution in [2.45, 2.75) is 29.4 Å². The van der Waals surface area contributed by atoms with Crippen LogP contribution in [0.2, 0.25) is 0 Å². The fourth-order valence-corrected chi connectivity index (χ4v) is 3.74. The molecule has 124 valence electrons. The van der Waals surface area contributed by atoms with Crippen molar-refractivity contribution in [2.24, 2.45) is 0 Å². The molecule has 0 spiro atoms. The average molecular weight is 340 g/mol. The highest BCUT2D eigenvalue weighted by atomic mass is 32.2. The Hall–Kier alpha value is -2.27. The van der Waals surface area contributed by atoms with Gasteiger partial charge in [0.1, 0.15) is 0 Å². The number of carbonyl (C=O) groups excluding carboxylic acids is 2. The number of thioether (sulfide) groups is 1. The lowest BCUT2D eigenvalue weighted by Crippen LogP contribution is -2.36. The first-order chi connectivity index (χ1) is 11.6. The second kappa shape index (κ2) is 7.53. The predicted octanol–water partition coefficient (Wildman–Crippen LogP) is 3.41. The molecule has 0 unspecified atom stereocenters. The van der Waals surface area contributed by atoms with Gasteiger partial charge in [0.2, 0.25) is 11.8 Å². The Morgan fingerprint density at radius 3 is 2.67 bits per heavy atom. The summed E-state index contributed by atoms with van der Waals surface area (Å²) in [5.74, 6) is 0.0403. The maximum absolute atomic E-state index is 12.2. The highest BCUT2D eigenvalue weighted by Crippen LogP contribution is 2.36. The summed E-state index contributed by atoms with van der Waals surface area (Å²) in [5, 5.41) is 5.42. The first kappa shape index (κ1) is 16.6. The summed E-state index contributed by atoms with van der Waals surface area (Å²) in [7, 11) is 0. The molecule has 0 saturated carbocycles. The van der Waals surface area contributed by atoms with E-state index in [1.807, 2.05) is 42.5 Å². The molecule has 5 heteroatoms. The second-order valence-electron chi connectivity index (χ2n) is 5.91. The SMILES string of the molecule is C[C@@H](CNC(=O)C[C@@H]1Sc2ccccc2NC1=O)c1ccccc1. The number of amides is 2. The Morgan fingerprint density at radius 1 is 1.17 bits per heavy atom. The van der Waals surface area contributed by atoms with Crippen LogP contribution in [0.15, 0.2) is 59.5 Å². The number of fused-ring (bicyclic) bond motifs is 1. The van der Waals surface area contributed by atoms with E-state index in [2.05, 4.69) is 29.7 Å². The van der Waals surface area contributed by atoms with Gasteiger partial charge in [-0.25, -0.2) is 0 Å². The topological polar surface area (TPSA) is 58.2 Å². The van der Waals surface area contributed by atoms with Crippen LogP contribution < -0.4 is 10.6 Å². The summed E-state index contributed by atoms with van der Waals surface area (Å²) in [6, 6.07) is 17.7. The molecule has 1 heterocycles. The summed E-state index contributed by atoms with van der Waals surface area (Å²) in [6.07, 6.45) is 0.187. The lowest BCUT2D eigenvalue weighted by Gasteiger charge is -2.23. The Balaban J connectivity index is 1.53. The Bertz CT molecular complexity index is 733. The van der Waals surface area contributed by atoms with Crippen molar-refractivity contribution in [3.63, 3.8) is 0 Å². The van der Waals surface area contributed by atoms with Crippen LogP contribution in [0.5, 0.6) is 0 Å². The maximum Gasteiger partial charge on any atom is 0.238 e. The van der Waals surface area contributed by atoms with Gasteiger partial charge in [-0.15, -0.1) is 11.8 Å². The van der Waals surface area contributed by atoms with Gasteiger partial charge in [-0.1, -0.05) is 49.4 Å². The lowest BCUT2D eigenvalue weighted by atomic mass is 10.0. The molecule has 0 aromatic heterocycles. The molecule has 24 heavy (non-hydrogen) atoms. The van der Waals surface area contributed by atoms with E-state index in [0.29, 0.717) is 6.54 Å². The van der Waals surface area contributed by atoms with Crippen molar-refractivity contribution in [3.8, 4) is 0 Å². The van der Waals surface area contributed by atoms with Crippen LogP contribution in [0.1, 0.15) is 24.8 Å². The summed E-state index contributed by atoms with van der Waals surface area (Å²) < 4.78 is 0. The van der Waals surface area contributed by atoms with Crippen LogP contribution in [0.3, 0.4) is 0 Å². The van der Waals surface area contributed by atoms with Gasteiger partial charge in [-0.3, -0.25) is 9.59 Å². The summed E-state index contributed by atoms with van der Waals surface area (Å²) >= 11 is 1.45. The normalized spacial score (nSPS) is 17.5. The molecule has 2 atom stereocenters. The maximum atomic E-state index is 12.2. The van der Waals surface area contributed by atoms with Gasteiger partial charge in [-0.2, -0.15) is 0 Å². The van der Waals surface area contributed by atoms with Crippen molar-refractivity contribution in [1.29, 1.82) is 0 Å². The van der Waals surface area contributed by atoms with Gasteiger partial charge < -0.3 is 10.6 Å². The number of hydrogen-bond donors (Lipinski definition) is 2. The van der Waals surface area contributed by atoms with Crippen LogP contribution in [0, 0.1) is 0 Å². The largest absolute Gasteiger partial charge is 0.355 e. The molecule has 0 radical (unpaired) electrons. The minimum atomic E-state index is -0.382. The van der Waals surface area contributed by atoms with E-state index in [9.17, 15) is 9.59 Å². The highest BCUT2D eigenvalue weighted by molar-refractivity contribution is 8.01. The van der Waals surface area contributed by atoms with Crippen LogP contribution in [-0.4, -0.2) is 23.6 Å². The molecule has 2 amide bonds. The second-order valence-corrected chi connectivity index (χ2v) is 7.16. The summed E-state index contributed by atoms with van der Waals surface area (Å²) in [5.41, 5.74) is 2.01. The van der Waals surface area contributed by atoms with Gasteiger partial charge in [0.25, 0.3) is 0 Å². The van der Waals surface area contributed by atoms with E-state index in [-0.39, 0.29) is 29.4 Å². The van der Waals surface area contributed by atoms with Gasteiger partial charge in [0.05, 0.1) is 10.9 Å². The Kier molecular flexibility index (Phi) is 5.20. The molecular weight excluding hydrogens is 320 g/mol. The third kappa shape index (κ3) is 3.97. The molecule has 4 nitrogen and oxygen atoms in total. The summed E-state index contributed by atoms with van der Waals surface area (Å²) in [6.45, 7) is 2.65. The first-order valence-corrected chi connectivity index (χ1v) is 8.89. The van der Waals surface area contributed by atoms with E-state index in [1.54, 1.807) is 0 Å². The number of benzene rings is 2. The quantitative estimate of drug-likeness (QED) is 0.877. The van der Waals surface area contributed by atoms with Crippen molar-refractivity contribution in [2.75, 3.05) is 11.9 Å². The van der Waals surface area contributed by atoms with E-state index < -0.39 is 0 Å². The number of hydrogen-bond acceptors (Lipinski definition) is 3. The predicted molar refractivity (Wildman–Crippen MR) is 97.2 cm³/mol. The van der Waals surface area contributed by atoms with Crippen LogP contribution in [0.4, 0.5) is 5.69 Å². The van der Waals surface area contributed by atoms with Gasteiger partial charge in [0, 0.05) is 17.9 Å². The zero-order valence-corrected chi connectivity index (χ0v) is 14.3. The fourth-order valence-electron chi connectivity index (χ4n) is 2.63. The molecule has 0 fully saturated rings. The summed E-state index contributed by atoms with van der Waals surface area (Å²) in [4.78, 5) is 25.3. The van der Waals surface area contributed by atoms with Crippen molar-refractivity contribution < 1.29 is 9.59 Å². The van der Waals surface area contributed by atoms with Crippen molar-refractivity contribution >= 4 is 29.3 Å². The third-order valence-electron chi connectivity index (χ3n) is 4.05. The molecule has 0 bridgehead atoms. The molecule has 0 aliphatic carbocycles. The smallest absolute Gasteiger partial charge is 0.238 e. The Labute approximate surface area is 146 Å².